The van der Waals surface area contributed by atoms with E-state index in [-0.39, 0.29) is 5.82 Å². The van der Waals surface area contributed by atoms with Crippen molar-refractivity contribution in [1.82, 2.24) is 0 Å². The van der Waals surface area contributed by atoms with Gasteiger partial charge >= 0.3 is 0 Å². The van der Waals surface area contributed by atoms with Crippen LogP contribution >= 0.6 is 0 Å². The summed E-state index contributed by atoms with van der Waals surface area (Å²) < 4.78 is 13.7. The third kappa shape index (κ3) is 2.94. The minimum atomic E-state index is -0.333. The average Bonchev–Trinajstić information content (AvgIpc) is 2.29. The summed E-state index contributed by atoms with van der Waals surface area (Å²) in [6.07, 6.45) is 6.59. The Hall–Kier alpha value is -1.61. The molecule has 0 aliphatic rings. The van der Waals surface area contributed by atoms with Crippen molar-refractivity contribution in [3.8, 4) is 5.75 Å². The maximum atomic E-state index is 13.7. The highest BCUT2D eigenvalue weighted by Crippen LogP contribution is 2.23. The van der Waals surface area contributed by atoms with Gasteiger partial charge in [-0.2, -0.15) is 5.90 Å². The summed E-state index contributed by atoms with van der Waals surface area (Å²) in [7, 11) is 0. The van der Waals surface area contributed by atoms with Gasteiger partial charge in [0.05, 0.1) is 0 Å². The summed E-state index contributed by atoms with van der Waals surface area (Å²) in [4.78, 5) is 4.47. The van der Waals surface area contributed by atoms with E-state index in [0.717, 1.165) is 12.0 Å². The largest absolute Gasteiger partial charge is 0.411 e. The van der Waals surface area contributed by atoms with Gasteiger partial charge in [-0.3, -0.25) is 0 Å². The molecule has 2 N–H and O–H groups in total. The summed E-state index contributed by atoms with van der Waals surface area (Å²) >= 11 is 0. The summed E-state index contributed by atoms with van der Waals surface area (Å²) in [5.74, 6) is 4.95. The van der Waals surface area contributed by atoms with Crippen LogP contribution in [0.1, 0.15) is 25.8 Å². The summed E-state index contributed by atoms with van der Waals surface area (Å²) in [5.41, 5.74) is 1.42. The number of nitrogens with two attached hydrogens (primary N) is 1. The fourth-order valence-corrected chi connectivity index (χ4v) is 1.47. The van der Waals surface area contributed by atoms with Crippen molar-refractivity contribution in [2.75, 3.05) is 0 Å². The number of halogens is 1. The van der Waals surface area contributed by atoms with Crippen LogP contribution in [0.4, 0.5) is 4.39 Å². The fourth-order valence-electron chi connectivity index (χ4n) is 1.47. The van der Waals surface area contributed by atoms with Crippen LogP contribution in [-0.4, -0.2) is 0 Å². The molecule has 0 aliphatic carbocycles. The SMILES string of the molecule is C/C=C\C(=C/CC)c1ccc(ON)cc1F. The van der Waals surface area contributed by atoms with Crippen molar-refractivity contribution in [2.45, 2.75) is 20.3 Å². The predicted octanol–water partition coefficient (Wildman–Crippen LogP) is 3.45. The number of hydrogen-bond acceptors (Lipinski definition) is 2. The Labute approximate surface area is 95.2 Å². The van der Waals surface area contributed by atoms with Gasteiger partial charge in [-0.1, -0.05) is 25.2 Å². The quantitative estimate of drug-likeness (QED) is 0.624. The molecule has 0 aromatic heterocycles. The van der Waals surface area contributed by atoms with Crippen LogP contribution in [0.15, 0.2) is 36.4 Å². The molecule has 0 heterocycles. The third-order valence-corrected chi connectivity index (χ3v) is 2.16. The first-order valence-electron chi connectivity index (χ1n) is 5.22. The number of allylic oxidation sites excluding steroid dienone is 4. The van der Waals surface area contributed by atoms with Gasteiger partial charge in [0.25, 0.3) is 0 Å². The molecule has 3 heteroatoms. The molecule has 0 saturated heterocycles. The van der Waals surface area contributed by atoms with Crippen molar-refractivity contribution >= 4 is 5.57 Å². The first-order valence-corrected chi connectivity index (χ1v) is 5.22. The Bertz CT molecular complexity index is 410. The van der Waals surface area contributed by atoms with E-state index >= 15 is 0 Å². The van der Waals surface area contributed by atoms with Gasteiger partial charge in [-0.05, 0) is 31.1 Å². The molecular formula is C13H16FNO. The van der Waals surface area contributed by atoms with Gasteiger partial charge < -0.3 is 4.84 Å². The second-order valence-electron chi connectivity index (χ2n) is 3.33. The second kappa shape index (κ2) is 6.08. The van der Waals surface area contributed by atoms with E-state index in [4.69, 9.17) is 5.90 Å². The zero-order chi connectivity index (χ0) is 12.0. The maximum Gasteiger partial charge on any atom is 0.149 e. The Morgan fingerprint density at radius 3 is 2.75 bits per heavy atom. The van der Waals surface area contributed by atoms with E-state index in [1.165, 1.54) is 6.07 Å². The Kier molecular flexibility index (Phi) is 4.73. The molecule has 0 saturated carbocycles. The van der Waals surface area contributed by atoms with E-state index in [1.54, 1.807) is 12.1 Å². The average molecular weight is 221 g/mol. The summed E-state index contributed by atoms with van der Waals surface area (Å²) in [6.45, 7) is 3.91. The number of benzene rings is 1. The van der Waals surface area contributed by atoms with Crippen molar-refractivity contribution in [3.63, 3.8) is 0 Å². The highest BCUT2D eigenvalue weighted by Gasteiger charge is 2.06. The molecule has 0 spiro atoms. The van der Waals surface area contributed by atoms with E-state index in [0.29, 0.717) is 11.3 Å². The molecule has 0 aliphatic heterocycles. The lowest BCUT2D eigenvalue weighted by Gasteiger charge is -2.06. The van der Waals surface area contributed by atoms with Crippen LogP contribution in [-0.2, 0) is 0 Å². The third-order valence-electron chi connectivity index (χ3n) is 2.16. The highest BCUT2D eigenvalue weighted by molar-refractivity contribution is 5.74. The van der Waals surface area contributed by atoms with Crippen LogP contribution < -0.4 is 10.7 Å². The second-order valence-corrected chi connectivity index (χ2v) is 3.33. The van der Waals surface area contributed by atoms with E-state index in [1.807, 2.05) is 32.1 Å². The predicted molar refractivity (Wildman–Crippen MR) is 64.3 cm³/mol. The van der Waals surface area contributed by atoms with E-state index in [2.05, 4.69) is 4.84 Å². The lowest BCUT2D eigenvalue weighted by molar-refractivity contribution is 0.332. The molecule has 1 aromatic carbocycles. The monoisotopic (exact) mass is 221 g/mol. The number of rotatable bonds is 4. The zero-order valence-electron chi connectivity index (χ0n) is 9.53. The van der Waals surface area contributed by atoms with Crippen LogP contribution in [0.25, 0.3) is 5.57 Å². The molecule has 0 unspecified atom stereocenters. The standard InChI is InChI=1S/C13H16FNO/c1-3-5-10(6-4-2)12-8-7-11(16-15)9-13(12)14/h3,5-9H,4,15H2,1-2H3/b5-3-,10-6+. The molecule has 0 amide bonds. The van der Waals surface area contributed by atoms with Crippen LogP contribution in [0.5, 0.6) is 5.75 Å². The Balaban J connectivity index is 3.15. The minimum Gasteiger partial charge on any atom is -0.411 e. The van der Waals surface area contributed by atoms with Crippen molar-refractivity contribution in [3.05, 3.63) is 47.8 Å². The van der Waals surface area contributed by atoms with Gasteiger partial charge in [0.2, 0.25) is 0 Å². The molecular weight excluding hydrogens is 205 g/mol. The van der Waals surface area contributed by atoms with Gasteiger partial charge in [0, 0.05) is 11.6 Å². The highest BCUT2D eigenvalue weighted by atomic mass is 19.1. The summed E-state index contributed by atoms with van der Waals surface area (Å²) in [6, 6.07) is 4.59. The smallest absolute Gasteiger partial charge is 0.149 e. The molecule has 16 heavy (non-hydrogen) atoms. The maximum absolute atomic E-state index is 13.7. The van der Waals surface area contributed by atoms with E-state index < -0.39 is 0 Å². The molecule has 0 atom stereocenters. The Morgan fingerprint density at radius 1 is 1.50 bits per heavy atom. The Morgan fingerprint density at radius 2 is 2.25 bits per heavy atom. The molecule has 0 radical (unpaired) electrons. The molecule has 0 fully saturated rings. The van der Waals surface area contributed by atoms with Gasteiger partial charge in [0.1, 0.15) is 11.6 Å². The van der Waals surface area contributed by atoms with Crippen molar-refractivity contribution in [1.29, 1.82) is 0 Å². The van der Waals surface area contributed by atoms with Gasteiger partial charge in [-0.15, -0.1) is 0 Å². The zero-order valence-corrected chi connectivity index (χ0v) is 9.53. The molecule has 2 nitrogen and oxygen atoms in total. The van der Waals surface area contributed by atoms with Crippen LogP contribution in [0.3, 0.4) is 0 Å². The van der Waals surface area contributed by atoms with Gasteiger partial charge in [0.15, 0.2) is 0 Å². The summed E-state index contributed by atoms with van der Waals surface area (Å²) in [5, 5.41) is 0. The minimum absolute atomic E-state index is 0.317. The van der Waals surface area contributed by atoms with Crippen molar-refractivity contribution < 1.29 is 9.23 Å². The fraction of sp³-hybridized carbons (Fsp3) is 0.231. The lowest BCUT2D eigenvalue weighted by atomic mass is 10.0. The number of hydrogen-bond donors (Lipinski definition) is 1. The van der Waals surface area contributed by atoms with E-state index in [9.17, 15) is 4.39 Å². The van der Waals surface area contributed by atoms with Crippen LogP contribution in [0, 0.1) is 5.82 Å². The van der Waals surface area contributed by atoms with Crippen molar-refractivity contribution in [2.24, 2.45) is 5.90 Å². The van der Waals surface area contributed by atoms with Crippen LogP contribution in [0.2, 0.25) is 0 Å². The molecule has 0 bridgehead atoms. The molecule has 86 valence electrons. The molecule has 1 rings (SSSR count). The van der Waals surface area contributed by atoms with Gasteiger partial charge in [-0.25, -0.2) is 4.39 Å². The first-order chi connectivity index (χ1) is 7.72. The topological polar surface area (TPSA) is 35.2 Å². The lowest BCUT2D eigenvalue weighted by Crippen LogP contribution is -2.02. The normalized spacial score (nSPS) is 12.1. The first kappa shape index (κ1) is 12.5. The molecule has 1 aromatic rings.